The molecule has 0 aromatic heterocycles. The van der Waals surface area contributed by atoms with Crippen molar-refractivity contribution in [2.45, 2.75) is 59.2 Å². The molecule has 0 radical (unpaired) electrons. The van der Waals surface area contributed by atoms with Crippen molar-refractivity contribution in [2.24, 2.45) is 10.9 Å². The highest BCUT2D eigenvalue weighted by molar-refractivity contribution is 5.79. The number of guanidine groups is 1. The fourth-order valence-electron chi connectivity index (χ4n) is 3.00. The van der Waals surface area contributed by atoms with E-state index in [9.17, 15) is 0 Å². The topological polar surface area (TPSA) is 39.7 Å². The lowest BCUT2D eigenvalue weighted by Gasteiger charge is -2.27. The second-order valence-electron chi connectivity index (χ2n) is 7.21. The number of piperidine rings is 1. The molecule has 0 bridgehead atoms. The van der Waals surface area contributed by atoms with Crippen LogP contribution in [-0.2, 0) is 13.1 Å². The summed E-state index contributed by atoms with van der Waals surface area (Å²) in [5, 5.41) is 6.94. The molecule has 1 aliphatic rings. The SMILES string of the molecule is CN=C(NCc1ccccc1CN1CCCCC1)NC(C)C(C)C. The van der Waals surface area contributed by atoms with Crippen LogP contribution in [0.5, 0.6) is 0 Å². The van der Waals surface area contributed by atoms with E-state index in [1.165, 1.54) is 43.5 Å². The van der Waals surface area contributed by atoms with Crippen molar-refractivity contribution < 1.29 is 0 Å². The van der Waals surface area contributed by atoms with E-state index in [4.69, 9.17) is 0 Å². The Morgan fingerprint density at radius 1 is 1.08 bits per heavy atom. The van der Waals surface area contributed by atoms with Gasteiger partial charge >= 0.3 is 0 Å². The quantitative estimate of drug-likeness (QED) is 0.620. The van der Waals surface area contributed by atoms with Crippen LogP contribution in [0.25, 0.3) is 0 Å². The molecular formula is C20H34N4. The average Bonchev–Trinajstić information content (AvgIpc) is 2.60. The average molecular weight is 331 g/mol. The van der Waals surface area contributed by atoms with E-state index >= 15 is 0 Å². The third kappa shape index (κ3) is 5.82. The summed E-state index contributed by atoms with van der Waals surface area (Å²) in [6.07, 6.45) is 4.06. The van der Waals surface area contributed by atoms with Crippen LogP contribution in [0.3, 0.4) is 0 Å². The standard InChI is InChI=1S/C20H34N4/c1-16(2)17(3)23-20(21-4)22-14-18-10-6-7-11-19(18)15-24-12-8-5-9-13-24/h6-7,10-11,16-17H,5,8-9,12-15H2,1-4H3,(H2,21,22,23). The summed E-state index contributed by atoms with van der Waals surface area (Å²) in [7, 11) is 1.84. The Labute approximate surface area is 147 Å². The fourth-order valence-corrected chi connectivity index (χ4v) is 3.00. The number of rotatable bonds is 6. The minimum Gasteiger partial charge on any atom is -0.354 e. The number of hydrogen-bond donors (Lipinski definition) is 2. The summed E-state index contributed by atoms with van der Waals surface area (Å²) >= 11 is 0. The van der Waals surface area contributed by atoms with Crippen LogP contribution < -0.4 is 10.6 Å². The maximum absolute atomic E-state index is 4.35. The first-order valence-corrected chi connectivity index (χ1v) is 9.36. The van der Waals surface area contributed by atoms with E-state index in [0.717, 1.165) is 19.0 Å². The Bertz CT molecular complexity index is 518. The Balaban J connectivity index is 1.94. The molecule has 4 heteroatoms. The van der Waals surface area contributed by atoms with Gasteiger partial charge in [0.1, 0.15) is 0 Å². The minimum absolute atomic E-state index is 0.403. The molecule has 2 N–H and O–H groups in total. The molecule has 1 heterocycles. The van der Waals surface area contributed by atoms with Gasteiger partial charge in [0.2, 0.25) is 0 Å². The van der Waals surface area contributed by atoms with Crippen molar-refractivity contribution in [3.05, 3.63) is 35.4 Å². The second kappa shape index (κ2) is 9.67. The number of hydrogen-bond acceptors (Lipinski definition) is 2. The lowest BCUT2D eigenvalue weighted by Crippen LogP contribution is -2.44. The maximum Gasteiger partial charge on any atom is 0.191 e. The van der Waals surface area contributed by atoms with E-state index in [1.54, 1.807) is 0 Å². The number of benzene rings is 1. The summed E-state index contributed by atoms with van der Waals surface area (Å²) in [5.41, 5.74) is 2.79. The van der Waals surface area contributed by atoms with Crippen LogP contribution in [0.4, 0.5) is 0 Å². The third-order valence-electron chi connectivity index (χ3n) is 5.00. The summed E-state index contributed by atoms with van der Waals surface area (Å²) in [6.45, 7) is 11.0. The molecule has 134 valence electrons. The highest BCUT2D eigenvalue weighted by atomic mass is 15.2. The Hall–Kier alpha value is -1.55. The molecule has 0 aliphatic carbocycles. The first-order valence-electron chi connectivity index (χ1n) is 9.36. The van der Waals surface area contributed by atoms with Gasteiger partial charge in [0.05, 0.1) is 0 Å². The van der Waals surface area contributed by atoms with Gasteiger partial charge in [0.15, 0.2) is 5.96 Å². The van der Waals surface area contributed by atoms with Gasteiger partial charge in [-0.05, 0) is 49.9 Å². The molecule has 1 unspecified atom stereocenters. The van der Waals surface area contributed by atoms with Gasteiger partial charge in [-0.3, -0.25) is 9.89 Å². The second-order valence-corrected chi connectivity index (χ2v) is 7.21. The Morgan fingerprint density at radius 2 is 1.75 bits per heavy atom. The highest BCUT2D eigenvalue weighted by Crippen LogP contribution is 2.16. The minimum atomic E-state index is 0.403. The van der Waals surface area contributed by atoms with Crippen molar-refractivity contribution in [3.63, 3.8) is 0 Å². The van der Waals surface area contributed by atoms with Crippen LogP contribution in [0, 0.1) is 5.92 Å². The molecule has 1 atom stereocenters. The zero-order chi connectivity index (χ0) is 17.4. The van der Waals surface area contributed by atoms with Crippen LogP contribution in [0.15, 0.2) is 29.3 Å². The monoisotopic (exact) mass is 330 g/mol. The predicted molar refractivity (Wildman–Crippen MR) is 103 cm³/mol. The van der Waals surface area contributed by atoms with Gasteiger partial charge in [-0.1, -0.05) is 44.5 Å². The molecule has 1 fully saturated rings. The van der Waals surface area contributed by atoms with Gasteiger partial charge < -0.3 is 10.6 Å². The zero-order valence-electron chi connectivity index (χ0n) is 15.8. The van der Waals surface area contributed by atoms with E-state index in [-0.39, 0.29) is 0 Å². The van der Waals surface area contributed by atoms with Gasteiger partial charge in [0.25, 0.3) is 0 Å². The van der Waals surface area contributed by atoms with E-state index in [0.29, 0.717) is 12.0 Å². The molecule has 0 spiro atoms. The Kier molecular flexibility index (Phi) is 7.57. The molecule has 1 aromatic rings. The molecule has 4 nitrogen and oxygen atoms in total. The van der Waals surface area contributed by atoms with Crippen LogP contribution in [-0.4, -0.2) is 37.0 Å². The Morgan fingerprint density at radius 3 is 2.38 bits per heavy atom. The van der Waals surface area contributed by atoms with Gasteiger partial charge in [0, 0.05) is 26.2 Å². The third-order valence-corrected chi connectivity index (χ3v) is 5.00. The van der Waals surface area contributed by atoms with E-state index in [2.05, 4.69) is 65.6 Å². The van der Waals surface area contributed by atoms with E-state index in [1.807, 2.05) is 7.05 Å². The van der Waals surface area contributed by atoms with Gasteiger partial charge in [-0.25, -0.2) is 0 Å². The molecule has 1 saturated heterocycles. The van der Waals surface area contributed by atoms with Crippen molar-refractivity contribution in [1.29, 1.82) is 0 Å². The molecule has 2 rings (SSSR count). The predicted octanol–water partition coefficient (Wildman–Crippen LogP) is 3.38. The molecule has 1 aliphatic heterocycles. The summed E-state index contributed by atoms with van der Waals surface area (Å²) in [5.74, 6) is 1.46. The number of nitrogens with zero attached hydrogens (tertiary/aromatic N) is 2. The van der Waals surface area contributed by atoms with Crippen LogP contribution in [0.2, 0.25) is 0 Å². The summed E-state index contributed by atoms with van der Waals surface area (Å²) in [6, 6.07) is 9.17. The molecule has 0 saturated carbocycles. The number of likely N-dealkylation sites (tertiary alicyclic amines) is 1. The lowest BCUT2D eigenvalue weighted by molar-refractivity contribution is 0.220. The summed E-state index contributed by atoms with van der Waals surface area (Å²) < 4.78 is 0. The van der Waals surface area contributed by atoms with Crippen LogP contribution >= 0.6 is 0 Å². The molecule has 1 aromatic carbocycles. The molecular weight excluding hydrogens is 296 g/mol. The van der Waals surface area contributed by atoms with E-state index < -0.39 is 0 Å². The van der Waals surface area contributed by atoms with Crippen molar-refractivity contribution in [1.82, 2.24) is 15.5 Å². The fraction of sp³-hybridized carbons (Fsp3) is 0.650. The first kappa shape index (κ1) is 18.8. The van der Waals surface area contributed by atoms with Crippen molar-refractivity contribution >= 4 is 5.96 Å². The summed E-state index contributed by atoms with van der Waals surface area (Å²) in [4.78, 5) is 6.93. The largest absolute Gasteiger partial charge is 0.354 e. The van der Waals surface area contributed by atoms with Crippen LogP contribution in [0.1, 0.15) is 51.2 Å². The van der Waals surface area contributed by atoms with Crippen molar-refractivity contribution in [3.8, 4) is 0 Å². The molecule has 0 amide bonds. The number of nitrogens with one attached hydrogen (secondary N) is 2. The normalized spacial score (nSPS) is 17.8. The zero-order valence-corrected chi connectivity index (χ0v) is 15.8. The lowest BCUT2D eigenvalue weighted by atomic mass is 10.0. The van der Waals surface area contributed by atoms with Crippen molar-refractivity contribution in [2.75, 3.05) is 20.1 Å². The maximum atomic E-state index is 4.35. The first-order chi connectivity index (χ1) is 11.6. The molecule has 24 heavy (non-hydrogen) atoms. The van der Waals surface area contributed by atoms with Gasteiger partial charge in [-0.15, -0.1) is 0 Å². The van der Waals surface area contributed by atoms with Gasteiger partial charge in [-0.2, -0.15) is 0 Å². The highest BCUT2D eigenvalue weighted by Gasteiger charge is 2.13. The smallest absolute Gasteiger partial charge is 0.191 e. The number of aliphatic imine (C=N–C) groups is 1.